The predicted molar refractivity (Wildman–Crippen MR) is 78.4 cm³/mol. The lowest BCUT2D eigenvalue weighted by molar-refractivity contribution is 0.102. The minimum Gasteiger partial charge on any atom is -0.321 e. The van der Waals surface area contributed by atoms with Crippen LogP contribution >= 0.6 is 0 Å². The van der Waals surface area contributed by atoms with Crippen LogP contribution in [-0.4, -0.2) is 16.1 Å². The van der Waals surface area contributed by atoms with E-state index in [0.29, 0.717) is 5.82 Å². The van der Waals surface area contributed by atoms with Gasteiger partial charge in [0.25, 0.3) is 5.91 Å². The van der Waals surface area contributed by atoms with Crippen molar-refractivity contribution in [3.63, 3.8) is 0 Å². The highest BCUT2D eigenvalue weighted by atomic mass is 16.1. The van der Waals surface area contributed by atoms with E-state index in [4.69, 9.17) is 5.84 Å². The van der Waals surface area contributed by atoms with E-state index in [1.807, 2.05) is 25.1 Å². The summed E-state index contributed by atoms with van der Waals surface area (Å²) in [5.74, 6) is 5.30. The normalized spacial score (nSPS) is 10.2. The molecule has 1 heterocycles. The predicted octanol–water partition coefficient (Wildman–Crippen LogP) is 1.89. The van der Waals surface area contributed by atoms with Gasteiger partial charge in [0.05, 0.1) is 0 Å². The fourth-order valence-electron chi connectivity index (χ4n) is 1.90. The molecule has 0 saturated heterocycles. The Balaban J connectivity index is 2.12. The Hall–Kier alpha value is -2.47. The van der Waals surface area contributed by atoms with Crippen LogP contribution in [0.3, 0.4) is 0 Å². The summed E-state index contributed by atoms with van der Waals surface area (Å²) in [6.45, 7) is 4.12. The number of anilines is 2. The lowest BCUT2D eigenvalue weighted by Crippen LogP contribution is -2.16. The molecule has 0 fully saturated rings. The third-order valence-electron chi connectivity index (χ3n) is 3.03. The van der Waals surface area contributed by atoms with Gasteiger partial charge in [0.15, 0.2) is 11.5 Å². The quantitative estimate of drug-likeness (QED) is 0.583. The molecule has 104 valence electrons. The lowest BCUT2D eigenvalue weighted by Gasteiger charge is -2.08. The molecule has 6 nitrogen and oxygen atoms in total. The van der Waals surface area contributed by atoms with E-state index < -0.39 is 0 Å². The fraction of sp³-hybridized carbons (Fsp3) is 0.214. The molecule has 0 aliphatic rings. The molecule has 2 aromatic rings. The zero-order valence-corrected chi connectivity index (χ0v) is 11.5. The summed E-state index contributed by atoms with van der Waals surface area (Å²) < 4.78 is 0. The molecule has 0 spiro atoms. The van der Waals surface area contributed by atoms with Crippen molar-refractivity contribution in [3.05, 3.63) is 47.2 Å². The van der Waals surface area contributed by atoms with Gasteiger partial charge in [-0.05, 0) is 48.7 Å². The molecule has 6 heteroatoms. The number of hydrogen-bond acceptors (Lipinski definition) is 5. The molecule has 0 aliphatic heterocycles. The first kappa shape index (κ1) is 14.0. The first-order chi connectivity index (χ1) is 9.63. The van der Waals surface area contributed by atoms with E-state index in [2.05, 4.69) is 27.9 Å². The maximum atomic E-state index is 12.0. The van der Waals surface area contributed by atoms with Crippen LogP contribution in [0.25, 0.3) is 0 Å². The number of aryl methyl sites for hydroxylation is 2. The second kappa shape index (κ2) is 6.12. The highest BCUT2D eigenvalue weighted by molar-refractivity contribution is 6.02. The molecular formula is C14H17N5O. The van der Waals surface area contributed by atoms with Crippen LogP contribution in [0.4, 0.5) is 11.5 Å². The largest absolute Gasteiger partial charge is 0.321 e. The lowest BCUT2D eigenvalue weighted by atomic mass is 10.1. The number of rotatable bonds is 4. The summed E-state index contributed by atoms with van der Waals surface area (Å²) in [4.78, 5) is 12.0. The number of benzene rings is 1. The summed E-state index contributed by atoms with van der Waals surface area (Å²) in [5, 5.41) is 10.3. The molecule has 0 unspecified atom stereocenters. The van der Waals surface area contributed by atoms with E-state index in [1.165, 1.54) is 5.56 Å². The Kier molecular flexibility index (Phi) is 4.27. The van der Waals surface area contributed by atoms with Crippen LogP contribution in [0.15, 0.2) is 30.3 Å². The first-order valence-electron chi connectivity index (χ1n) is 6.35. The van der Waals surface area contributed by atoms with E-state index in [-0.39, 0.29) is 11.6 Å². The number of amides is 1. The van der Waals surface area contributed by atoms with Gasteiger partial charge in [0, 0.05) is 5.69 Å². The second-order valence-electron chi connectivity index (χ2n) is 4.40. The van der Waals surface area contributed by atoms with Crippen LogP contribution in [0.2, 0.25) is 0 Å². The standard InChI is InChI=1S/C14H17N5O/c1-3-10-4-5-11(8-9(10)2)16-14(20)12-6-7-13(17-15)19-18-12/h4-8H,3,15H2,1-2H3,(H,16,20)(H,17,19). The van der Waals surface area contributed by atoms with E-state index in [0.717, 1.165) is 17.7 Å². The van der Waals surface area contributed by atoms with Crippen molar-refractivity contribution >= 4 is 17.4 Å². The van der Waals surface area contributed by atoms with Gasteiger partial charge in [0.2, 0.25) is 0 Å². The number of hydrogen-bond donors (Lipinski definition) is 3. The number of carbonyl (C=O) groups excluding carboxylic acids is 1. The highest BCUT2D eigenvalue weighted by Gasteiger charge is 2.09. The number of carbonyl (C=O) groups is 1. The Bertz CT molecular complexity index is 609. The van der Waals surface area contributed by atoms with Crippen molar-refractivity contribution < 1.29 is 4.79 Å². The van der Waals surface area contributed by atoms with Crippen molar-refractivity contribution in [2.45, 2.75) is 20.3 Å². The monoisotopic (exact) mass is 271 g/mol. The minimum atomic E-state index is -0.301. The Morgan fingerprint density at radius 2 is 2.05 bits per heavy atom. The molecule has 0 atom stereocenters. The van der Waals surface area contributed by atoms with Crippen LogP contribution in [0.5, 0.6) is 0 Å². The Morgan fingerprint density at radius 3 is 2.60 bits per heavy atom. The molecule has 2 rings (SSSR count). The van der Waals surface area contributed by atoms with E-state index >= 15 is 0 Å². The van der Waals surface area contributed by atoms with Gasteiger partial charge in [-0.25, -0.2) is 5.84 Å². The van der Waals surface area contributed by atoms with Gasteiger partial charge in [-0.15, -0.1) is 10.2 Å². The molecule has 1 aromatic heterocycles. The Morgan fingerprint density at radius 1 is 1.25 bits per heavy atom. The summed E-state index contributed by atoms with van der Waals surface area (Å²) in [6, 6.07) is 8.99. The zero-order chi connectivity index (χ0) is 14.5. The van der Waals surface area contributed by atoms with Crippen molar-refractivity contribution in [2.24, 2.45) is 5.84 Å². The molecule has 1 amide bonds. The number of nitrogens with one attached hydrogen (secondary N) is 2. The van der Waals surface area contributed by atoms with Gasteiger partial charge >= 0.3 is 0 Å². The van der Waals surface area contributed by atoms with Crippen LogP contribution in [-0.2, 0) is 6.42 Å². The van der Waals surface area contributed by atoms with Gasteiger partial charge < -0.3 is 10.7 Å². The van der Waals surface area contributed by atoms with Gasteiger partial charge in [-0.3, -0.25) is 4.79 Å². The molecule has 4 N–H and O–H groups in total. The zero-order valence-electron chi connectivity index (χ0n) is 11.5. The molecule has 1 aromatic carbocycles. The summed E-state index contributed by atoms with van der Waals surface area (Å²) in [6.07, 6.45) is 0.971. The maximum Gasteiger partial charge on any atom is 0.276 e. The fourth-order valence-corrected chi connectivity index (χ4v) is 1.90. The van der Waals surface area contributed by atoms with Gasteiger partial charge in [-0.1, -0.05) is 13.0 Å². The number of nitrogens with zero attached hydrogens (tertiary/aromatic N) is 2. The summed E-state index contributed by atoms with van der Waals surface area (Å²) in [5.41, 5.74) is 5.75. The van der Waals surface area contributed by atoms with E-state index in [9.17, 15) is 4.79 Å². The molecule has 0 aliphatic carbocycles. The number of nitrogen functional groups attached to an aromatic ring is 1. The topological polar surface area (TPSA) is 92.9 Å². The van der Waals surface area contributed by atoms with Gasteiger partial charge in [-0.2, -0.15) is 0 Å². The van der Waals surface area contributed by atoms with Crippen molar-refractivity contribution in [1.29, 1.82) is 0 Å². The molecule has 0 bridgehead atoms. The summed E-state index contributed by atoms with van der Waals surface area (Å²) in [7, 11) is 0. The second-order valence-corrected chi connectivity index (χ2v) is 4.40. The highest BCUT2D eigenvalue weighted by Crippen LogP contribution is 2.16. The first-order valence-corrected chi connectivity index (χ1v) is 6.35. The SMILES string of the molecule is CCc1ccc(NC(=O)c2ccc(NN)nn2)cc1C. The Labute approximate surface area is 117 Å². The number of nitrogens with two attached hydrogens (primary N) is 1. The van der Waals surface area contributed by atoms with Crippen molar-refractivity contribution in [3.8, 4) is 0 Å². The van der Waals surface area contributed by atoms with E-state index in [1.54, 1.807) is 12.1 Å². The van der Waals surface area contributed by atoms with Gasteiger partial charge in [0.1, 0.15) is 0 Å². The average Bonchev–Trinajstić information content (AvgIpc) is 2.47. The van der Waals surface area contributed by atoms with Crippen LogP contribution in [0, 0.1) is 6.92 Å². The van der Waals surface area contributed by atoms with Crippen LogP contribution in [0.1, 0.15) is 28.5 Å². The maximum absolute atomic E-state index is 12.0. The van der Waals surface area contributed by atoms with Crippen LogP contribution < -0.4 is 16.6 Å². The van der Waals surface area contributed by atoms with Crippen molar-refractivity contribution in [1.82, 2.24) is 10.2 Å². The van der Waals surface area contributed by atoms with Crippen molar-refractivity contribution in [2.75, 3.05) is 10.7 Å². The molecule has 0 saturated carbocycles. The molecular weight excluding hydrogens is 254 g/mol. The molecule has 0 radical (unpaired) electrons. The smallest absolute Gasteiger partial charge is 0.276 e. The number of aromatic nitrogens is 2. The summed E-state index contributed by atoms with van der Waals surface area (Å²) >= 11 is 0. The average molecular weight is 271 g/mol. The third kappa shape index (κ3) is 3.10. The molecule has 20 heavy (non-hydrogen) atoms. The number of hydrazine groups is 1. The third-order valence-corrected chi connectivity index (χ3v) is 3.03. The minimum absolute atomic E-state index is 0.237.